The van der Waals surface area contributed by atoms with Crippen LogP contribution in [0.25, 0.3) is 11.2 Å². The molecule has 1 fully saturated rings. The molecule has 0 bridgehead atoms. The molecule has 1 saturated heterocycles. The molecule has 4 rings (SSSR count). The van der Waals surface area contributed by atoms with Gasteiger partial charge in [0.2, 0.25) is 0 Å². The second kappa shape index (κ2) is 6.66. The van der Waals surface area contributed by atoms with Crippen LogP contribution in [0.4, 0.5) is 5.82 Å². The summed E-state index contributed by atoms with van der Waals surface area (Å²) in [5.41, 5.74) is 0.680. The number of hydrogen-bond acceptors (Lipinski definition) is 11. The Hall–Kier alpha value is -2.93. The minimum absolute atomic E-state index is 0.0270. The van der Waals surface area contributed by atoms with Crippen molar-refractivity contribution >= 4 is 17.0 Å². The predicted octanol–water partition coefficient (Wildman–Crippen LogP) is -0.946. The molecule has 1 aliphatic rings. The molecule has 0 amide bonds. The van der Waals surface area contributed by atoms with E-state index in [-0.39, 0.29) is 18.1 Å². The molecular weight excluding hydrogens is 362 g/mol. The lowest BCUT2D eigenvalue weighted by Gasteiger charge is -2.16. The number of nitrogens with one attached hydrogen (secondary N) is 1. The van der Waals surface area contributed by atoms with E-state index in [9.17, 15) is 25.5 Å². The van der Waals surface area contributed by atoms with E-state index in [2.05, 4.69) is 20.3 Å². The maximum atomic E-state index is 10.2. The molecule has 12 nitrogen and oxygen atoms in total. The van der Waals surface area contributed by atoms with Crippen molar-refractivity contribution in [2.24, 2.45) is 0 Å². The van der Waals surface area contributed by atoms with E-state index >= 15 is 0 Å². The van der Waals surface area contributed by atoms with Crippen LogP contribution in [0.15, 0.2) is 23.1 Å². The van der Waals surface area contributed by atoms with E-state index in [0.717, 1.165) is 6.07 Å². The lowest BCUT2D eigenvalue weighted by Crippen LogP contribution is -2.33. The van der Waals surface area contributed by atoms with Crippen LogP contribution in [0.1, 0.15) is 12.0 Å². The molecule has 27 heavy (non-hydrogen) atoms. The lowest BCUT2D eigenvalue weighted by molar-refractivity contribution is -0.0511. The Morgan fingerprint density at radius 2 is 1.96 bits per heavy atom. The maximum absolute atomic E-state index is 10.2. The van der Waals surface area contributed by atoms with Gasteiger partial charge < -0.3 is 40.0 Å². The highest BCUT2D eigenvalue weighted by Gasteiger charge is 2.44. The van der Waals surface area contributed by atoms with E-state index in [1.54, 1.807) is 0 Å². The third-order valence-electron chi connectivity index (χ3n) is 4.34. The Bertz CT molecular complexity index is 957. The molecule has 3 aromatic rings. The first-order valence-corrected chi connectivity index (χ1v) is 8.04. The second-order valence-corrected chi connectivity index (χ2v) is 6.02. The number of fused-ring (bicyclic) bond motifs is 1. The molecule has 0 spiro atoms. The molecule has 6 N–H and O–H groups in total. The number of aromatic nitrogens is 4. The SMILES string of the molecule is OC[C@H]1O[C@@H](n2cnc3c(NCc4oc(O)cc4O)ncnc32)[C@@H](O)[C@@H]1O. The van der Waals surface area contributed by atoms with E-state index < -0.39 is 37.1 Å². The van der Waals surface area contributed by atoms with E-state index in [1.807, 2.05) is 0 Å². The Labute approximate surface area is 151 Å². The van der Waals surface area contributed by atoms with Gasteiger partial charge in [0.05, 0.1) is 25.5 Å². The van der Waals surface area contributed by atoms with Crippen molar-refractivity contribution in [3.63, 3.8) is 0 Å². The summed E-state index contributed by atoms with van der Waals surface area (Å²) in [6, 6.07) is 1.07. The molecule has 0 aliphatic carbocycles. The minimum Gasteiger partial charge on any atom is -0.504 e. The highest BCUT2D eigenvalue weighted by molar-refractivity contribution is 5.82. The maximum Gasteiger partial charge on any atom is 0.285 e. The van der Waals surface area contributed by atoms with Crippen molar-refractivity contribution < 1.29 is 34.7 Å². The molecule has 1 aliphatic heterocycles. The summed E-state index contributed by atoms with van der Waals surface area (Å²) in [6.45, 7) is -0.415. The number of imidazole rings is 1. The van der Waals surface area contributed by atoms with Crippen molar-refractivity contribution in [2.45, 2.75) is 31.1 Å². The fourth-order valence-electron chi connectivity index (χ4n) is 2.97. The molecule has 0 aromatic carbocycles. The molecular formula is C15H17N5O7. The highest BCUT2D eigenvalue weighted by atomic mass is 16.6. The van der Waals surface area contributed by atoms with Gasteiger partial charge in [-0.1, -0.05) is 0 Å². The molecule has 144 valence electrons. The van der Waals surface area contributed by atoms with E-state index in [4.69, 9.17) is 9.15 Å². The quantitative estimate of drug-likeness (QED) is 0.322. The third-order valence-corrected chi connectivity index (χ3v) is 4.34. The number of ether oxygens (including phenoxy) is 1. The number of anilines is 1. The van der Waals surface area contributed by atoms with Crippen LogP contribution < -0.4 is 5.32 Å². The molecule has 4 atom stereocenters. The average Bonchev–Trinajstić information content (AvgIpc) is 3.30. The summed E-state index contributed by atoms with van der Waals surface area (Å²) in [6.07, 6.45) is -1.77. The first-order chi connectivity index (χ1) is 13.0. The molecule has 4 heterocycles. The number of aliphatic hydroxyl groups is 3. The number of aliphatic hydroxyl groups excluding tert-OH is 3. The van der Waals surface area contributed by atoms with Gasteiger partial charge in [-0.25, -0.2) is 15.0 Å². The van der Waals surface area contributed by atoms with Crippen LogP contribution in [0.5, 0.6) is 11.7 Å². The zero-order valence-electron chi connectivity index (χ0n) is 13.8. The standard InChI is InChI=1S/C15H17N5O7/c21-3-8-11(24)12(25)15(27-8)20-5-19-10-13(17-4-18-14(10)20)16-2-7-6(22)1-9(23)26-7/h1,4-5,8,11-12,15,21-25H,2-3H2,(H,16,17,18)/t8-,11-,12+,15-/m1/s1. The number of furan rings is 1. The van der Waals surface area contributed by atoms with Crippen molar-refractivity contribution in [3.05, 3.63) is 24.5 Å². The first-order valence-electron chi connectivity index (χ1n) is 8.04. The van der Waals surface area contributed by atoms with Crippen LogP contribution in [0.2, 0.25) is 0 Å². The van der Waals surface area contributed by atoms with Crippen molar-refractivity contribution in [3.8, 4) is 11.7 Å². The summed E-state index contributed by atoms with van der Waals surface area (Å²) < 4.78 is 11.9. The minimum atomic E-state index is -1.27. The summed E-state index contributed by atoms with van der Waals surface area (Å²) in [4.78, 5) is 12.4. The van der Waals surface area contributed by atoms with E-state index in [0.29, 0.717) is 17.0 Å². The highest BCUT2D eigenvalue weighted by Crippen LogP contribution is 2.32. The van der Waals surface area contributed by atoms with Crippen molar-refractivity contribution in [1.82, 2.24) is 19.5 Å². The van der Waals surface area contributed by atoms with Gasteiger partial charge in [0.25, 0.3) is 5.95 Å². The molecule has 0 unspecified atom stereocenters. The van der Waals surface area contributed by atoms with Gasteiger partial charge in [-0.05, 0) is 0 Å². The summed E-state index contributed by atoms with van der Waals surface area (Å²) in [5.74, 6) is -0.184. The fraction of sp³-hybridized carbons (Fsp3) is 0.400. The van der Waals surface area contributed by atoms with Gasteiger partial charge in [-0.15, -0.1) is 0 Å². The first kappa shape index (κ1) is 17.5. The van der Waals surface area contributed by atoms with Gasteiger partial charge in [0, 0.05) is 0 Å². The van der Waals surface area contributed by atoms with Crippen LogP contribution in [-0.2, 0) is 11.3 Å². The third kappa shape index (κ3) is 2.94. The number of aromatic hydroxyl groups is 2. The van der Waals surface area contributed by atoms with Gasteiger partial charge >= 0.3 is 0 Å². The van der Waals surface area contributed by atoms with Crippen LogP contribution in [0.3, 0.4) is 0 Å². The zero-order valence-corrected chi connectivity index (χ0v) is 13.8. The van der Waals surface area contributed by atoms with Gasteiger partial charge in [-0.3, -0.25) is 4.57 Å². The topological polar surface area (TPSA) is 179 Å². The number of hydrogen-bond donors (Lipinski definition) is 6. The Balaban J connectivity index is 1.61. The predicted molar refractivity (Wildman–Crippen MR) is 87.7 cm³/mol. The summed E-state index contributed by atoms with van der Waals surface area (Å²) >= 11 is 0. The largest absolute Gasteiger partial charge is 0.504 e. The number of nitrogens with zero attached hydrogens (tertiary/aromatic N) is 4. The zero-order chi connectivity index (χ0) is 19.1. The second-order valence-electron chi connectivity index (χ2n) is 6.02. The Morgan fingerprint density at radius 3 is 2.63 bits per heavy atom. The molecule has 0 radical (unpaired) electrons. The molecule has 3 aromatic heterocycles. The smallest absolute Gasteiger partial charge is 0.285 e. The molecule has 12 heteroatoms. The normalized spacial score (nSPS) is 25.3. The fourth-order valence-corrected chi connectivity index (χ4v) is 2.97. The monoisotopic (exact) mass is 379 g/mol. The Kier molecular flexibility index (Phi) is 4.31. The Morgan fingerprint density at radius 1 is 1.15 bits per heavy atom. The van der Waals surface area contributed by atoms with Crippen molar-refractivity contribution in [1.29, 1.82) is 0 Å². The van der Waals surface area contributed by atoms with Gasteiger partial charge in [0.1, 0.15) is 24.6 Å². The lowest BCUT2D eigenvalue weighted by atomic mass is 10.1. The van der Waals surface area contributed by atoms with E-state index in [1.165, 1.54) is 17.2 Å². The molecule has 0 saturated carbocycles. The van der Waals surface area contributed by atoms with Crippen LogP contribution in [-0.4, -0.2) is 70.0 Å². The summed E-state index contributed by atoms with van der Waals surface area (Å²) in [7, 11) is 0. The average molecular weight is 379 g/mol. The van der Waals surface area contributed by atoms with Crippen molar-refractivity contribution in [2.75, 3.05) is 11.9 Å². The summed E-state index contributed by atoms with van der Waals surface area (Å²) in [5, 5.41) is 51.1. The van der Waals surface area contributed by atoms with Gasteiger partial charge in [-0.2, -0.15) is 0 Å². The van der Waals surface area contributed by atoms with Crippen LogP contribution in [0, 0.1) is 0 Å². The number of rotatable bonds is 5. The van der Waals surface area contributed by atoms with Gasteiger partial charge in [0.15, 0.2) is 34.7 Å². The van der Waals surface area contributed by atoms with Crippen LogP contribution >= 0.6 is 0 Å².